The lowest BCUT2D eigenvalue weighted by Gasteiger charge is -2.39. The van der Waals surface area contributed by atoms with E-state index in [1.54, 1.807) is 0 Å². The molecule has 1 aromatic rings. The van der Waals surface area contributed by atoms with Crippen LogP contribution >= 0.6 is 0 Å². The van der Waals surface area contributed by atoms with Crippen LogP contribution in [-0.2, 0) is 6.54 Å². The molecule has 0 saturated heterocycles. The molecule has 1 fully saturated rings. The molecule has 1 saturated carbocycles. The maximum Gasteiger partial charge on any atom is 0.0613 e. The van der Waals surface area contributed by atoms with E-state index < -0.39 is 0 Å². The molecule has 2 heteroatoms. The Labute approximate surface area is 104 Å². The van der Waals surface area contributed by atoms with E-state index in [9.17, 15) is 5.11 Å². The fraction of sp³-hybridized carbons (Fsp3) is 0.600. The molecule has 0 heterocycles. The van der Waals surface area contributed by atoms with Crippen LogP contribution in [0.15, 0.2) is 30.3 Å². The van der Waals surface area contributed by atoms with Crippen molar-refractivity contribution in [3.05, 3.63) is 35.9 Å². The first kappa shape index (κ1) is 12.6. The topological polar surface area (TPSA) is 32.3 Å². The lowest BCUT2D eigenvalue weighted by atomic mass is 9.77. The van der Waals surface area contributed by atoms with Gasteiger partial charge in [0.15, 0.2) is 0 Å². The van der Waals surface area contributed by atoms with Gasteiger partial charge >= 0.3 is 0 Å². The molecule has 17 heavy (non-hydrogen) atoms. The highest BCUT2D eigenvalue weighted by molar-refractivity contribution is 5.14. The highest BCUT2D eigenvalue weighted by Gasteiger charge is 2.32. The number of hydrogen-bond donors (Lipinski definition) is 2. The molecule has 0 aromatic heterocycles. The Bertz CT molecular complexity index is 328. The van der Waals surface area contributed by atoms with Crippen molar-refractivity contribution in [2.75, 3.05) is 6.61 Å². The lowest BCUT2D eigenvalue weighted by molar-refractivity contribution is 0.104. The van der Waals surface area contributed by atoms with E-state index in [2.05, 4.69) is 36.5 Å². The van der Waals surface area contributed by atoms with Gasteiger partial charge < -0.3 is 10.4 Å². The number of aliphatic hydroxyl groups is 1. The maximum absolute atomic E-state index is 9.64. The molecule has 0 atom stereocenters. The number of benzene rings is 1. The summed E-state index contributed by atoms with van der Waals surface area (Å²) in [6, 6.07) is 10.4. The van der Waals surface area contributed by atoms with E-state index in [1.807, 2.05) is 6.07 Å². The molecule has 0 aliphatic heterocycles. The highest BCUT2D eigenvalue weighted by atomic mass is 16.3. The van der Waals surface area contributed by atoms with Gasteiger partial charge in [-0.2, -0.15) is 0 Å². The van der Waals surface area contributed by atoms with Crippen molar-refractivity contribution in [3.8, 4) is 0 Å². The molecule has 0 bridgehead atoms. The van der Waals surface area contributed by atoms with Gasteiger partial charge in [0, 0.05) is 12.1 Å². The normalized spacial score (nSPS) is 29.2. The summed E-state index contributed by atoms with van der Waals surface area (Å²) < 4.78 is 0. The van der Waals surface area contributed by atoms with Crippen molar-refractivity contribution in [2.45, 2.75) is 44.7 Å². The van der Waals surface area contributed by atoms with Crippen LogP contribution in [0.1, 0.15) is 38.2 Å². The smallest absolute Gasteiger partial charge is 0.0613 e. The molecule has 0 unspecified atom stereocenters. The zero-order valence-electron chi connectivity index (χ0n) is 10.7. The van der Waals surface area contributed by atoms with Crippen molar-refractivity contribution in [1.82, 2.24) is 5.32 Å². The third-order valence-corrected chi connectivity index (χ3v) is 4.04. The molecule has 2 N–H and O–H groups in total. The van der Waals surface area contributed by atoms with Crippen molar-refractivity contribution >= 4 is 0 Å². The van der Waals surface area contributed by atoms with Crippen LogP contribution in [0.2, 0.25) is 0 Å². The summed E-state index contributed by atoms with van der Waals surface area (Å²) in [4.78, 5) is 0. The summed E-state index contributed by atoms with van der Waals surface area (Å²) in [5, 5.41) is 13.2. The Morgan fingerprint density at radius 3 is 2.47 bits per heavy atom. The van der Waals surface area contributed by atoms with E-state index in [0.29, 0.717) is 0 Å². The average molecular weight is 233 g/mol. The van der Waals surface area contributed by atoms with Crippen LogP contribution in [0.4, 0.5) is 0 Å². The van der Waals surface area contributed by atoms with Crippen LogP contribution in [0.5, 0.6) is 0 Å². The summed E-state index contributed by atoms with van der Waals surface area (Å²) in [6.45, 7) is 3.42. The molecular weight excluding hydrogens is 210 g/mol. The van der Waals surface area contributed by atoms with Gasteiger partial charge in [-0.15, -0.1) is 0 Å². The van der Waals surface area contributed by atoms with E-state index in [-0.39, 0.29) is 12.1 Å². The van der Waals surface area contributed by atoms with E-state index in [0.717, 1.165) is 25.3 Å². The van der Waals surface area contributed by atoms with Crippen LogP contribution < -0.4 is 5.32 Å². The quantitative estimate of drug-likeness (QED) is 0.838. The molecule has 1 aliphatic rings. The van der Waals surface area contributed by atoms with Gasteiger partial charge in [0.25, 0.3) is 0 Å². The third kappa shape index (κ3) is 3.30. The van der Waals surface area contributed by atoms with Crippen molar-refractivity contribution in [3.63, 3.8) is 0 Å². The lowest BCUT2D eigenvalue weighted by Crippen LogP contribution is -2.50. The molecule has 2 nitrogen and oxygen atoms in total. The zero-order chi connectivity index (χ0) is 12.1. The Hall–Kier alpha value is -0.860. The first-order valence-corrected chi connectivity index (χ1v) is 6.64. The molecule has 2 rings (SSSR count). The largest absolute Gasteiger partial charge is 0.394 e. The maximum atomic E-state index is 9.64. The predicted molar refractivity (Wildman–Crippen MR) is 70.7 cm³/mol. The Kier molecular flexibility index (Phi) is 4.19. The van der Waals surface area contributed by atoms with Crippen molar-refractivity contribution in [2.24, 2.45) is 5.92 Å². The van der Waals surface area contributed by atoms with Gasteiger partial charge in [-0.25, -0.2) is 0 Å². The second-order valence-electron chi connectivity index (χ2n) is 5.46. The van der Waals surface area contributed by atoms with Gasteiger partial charge in [-0.3, -0.25) is 0 Å². The molecule has 0 spiro atoms. The minimum absolute atomic E-state index is 0.0393. The first-order valence-electron chi connectivity index (χ1n) is 6.64. The SMILES string of the molecule is CC1CCC(CO)(NCc2ccccc2)CC1. The molecule has 94 valence electrons. The van der Waals surface area contributed by atoms with Gasteiger partial charge in [0.05, 0.1) is 6.61 Å². The highest BCUT2D eigenvalue weighted by Crippen LogP contribution is 2.31. The van der Waals surface area contributed by atoms with Gasteiger partial charge in [0.2, 0.25) is 0 Å². The van der Waals surface area contributed by atoms with Gasteiger partial charge in [-0.1, -0.05) is 37.3 Å². The van der Waals surface area contributed by atoms with Crippen LogP contribution in [0.25, 0.3) is 0 Å². The fourth-order valence-corrected chi connectivity index (χ4v) is 2.59. The Morgan fingerprint density at radius 2 is 1.88 bits per heavy atom. The number of aliphatic hydroxyl groups excluding tert-OH is 1. The monoisotopic (exact) mass is 233 g/mol. The minimum Gasteiger partial charge on any atom is -0.394 e. The van der Waals surface area contributed by atoms with E-state index in [1.165, 1.54) is 18.4 Å². The molecular formula is C15H23NO. The summed E-state index contributed by atoms with van der Waals surface area (Å²) >= 11 is 0. The Morgan fingerprint density at radius 1 is 1.24 bits per heavy atom. The molecule has 0 radical (unpaired) electrons. The van der Waals surface area contributed by atoms with Crippen LogP contribution in [-0.4, -0.2) is 17.3 Å². The second-order valence-corrected chi connectivity index (χ2v) is 5.46. The molecule has 1 aromatic carbocycles. The zero-order valence-corrected chi connectivity index (χ0v) is 10.7. The van der Waals surface area contributed by atoms with Crippen LogP contribution in [0.3, 0.4) is 0 Å². The van der Waals surface area contributed by atoms with Gasteiger partial charge in [-0.05, 0) is 37.2 Å². The average Bonchev–Trinajstić information content (AvgIpc) is 2.40. The second kappa shape index (κ2) is 5.65. The third-order valence-electron chi connectivity index (χ3n) is 4.04. The number of rotatable bonds is 4. The van der Waals surface area contributed by atoms with Crippen LogP contribution in [0, 0.1) is 5.92 Å². The summed E-state index contributed by atoms with van der Waals surface area (Å²) in [5.41, 5.74) is 1.25. The summed E-state index contributed by atoms with van der Waals surface area (Å²) in [5.74, 6) is 0.813. The fourth-order valence-electron chi connectivity index (χ4n) is 2.59. The predicted octanol–water partition coefficient (Wildman–Crippen LogP) is 2.72. The molecule has 0 amide bonds. The van der Waals surface area contributed by atoms with Crippen molar-refractivity contribution in [1.29, 1.82) is 0 Å². The minimum atomic E-state index is -0.0393. The summed E-state index contributed by atoms with van der Waals surface area (Å²) in [7, 11) is 0. The van der Waals surface area contributed by atoms with Gasteiger partial charge in [0.1, 0.15) is 0 Å². The standard InChI is InChI=1S/C15H23NO/c1-13-7-9-15(12-17,10-8-13)16-11-14-5-3-2-4-6-14/h2-6,13,16-17H,7-12H2,1H3. The molecule has 1 aliphatic carbocycles. The Balaban J connectivity index is 1.91. The van der Waals surface area contributed by atoms with E-state index in [4.69, 9.17) is 0 Å². The number of hydrogen-bond acceptors (Lipinski definition) is 2. The first-order chi connectivity index (χ1) is 8.24. The van der Waals surface area contributed by atoms with E-state index >= 15 is 0 Å². The summed E-state index contributed by atoms with van der Waals surface area (Å²) in [6.07, 6.45) is 4.64. The van der Waals surface area contributed by atoms with Crippen molar-refractivity contribution < 1.29 is 5.11 Å². The number of nitrogens with one attached hydrogen (secondary N) is 1.